The smallest absolute Gasteiger partial charge is 0.227 e. The van der Waals surface area contributed by atoms with Crippen LogP contribution < -0.4 is 19.5 Å². The van der Waals surface area contributed by atoms with Gasteiger partial charge in [0.2, 0.25) is 11.8 Å². The van der Waals surface area contributed by atoms with Crippen molar-refractivity contribution in [2.75, 3.05) is 45.3 Å². The van der Waals surface area contributed by atoms with Crippen LogP contribution in [0.15, 0.2) is 36.7 Å². The number of nitrogens with one attached hydrogen (secondary N) is 1. The lowest BCUT2D eigenvalue weighted by molar-refractivity contribution is -0.121. The molecule has 180 valence electrons. The second kappa shape index (κ2) is 10.8. The molecule has 1 fully saturated rings. The zero-order valence-electron chi connectivity index (χ0n) is 19.0. The molecule has 0 spiro atoms. The van der Waals surface area contributed by atoms with Gasteiger partial charge in [-0.2, -0.15) is 0 Å². The number of nitrogens with zero attached hydrogens (tertiary/aromatic N) is 4. The van der Waals surface area contributed by atoms with E-state index in [-0.39, 0.29) is 24.2 Å². The molecule has 0 aromatic carbocycles. The molecule has 10 heteroatoms. The average molecular weight is 486 g/mol. The molecule has 34 heavy (non-hydrogen) atoms. The number of piperidine rings is 1. The lowest BCUT2D eigenvalue weighted by atomic mass is 9.95. The van der Waals surface area contributed by atoms with Gasteiger partial charge >= 0.3 is 0 Å². The summed E-state index contributed by atoms with van der Waals surface area (Å²) in [4.78, 5) is 28.6. The van der Waals surface area contributed by atoms with Crippen LogP contribution in [0.2, 0.25) is 0 Å². The molecule has 0 unspecified atom stereocenters. The predicted octanol–water partition coefficient (Wildman–Crippen LogP) is 3.12. The summed E-state index contributed by atoms with van der Waals surface area (Å²) in [7, 11) is 1.57. The number of ether oxygens (including phenoxy) is 3. The maximum atomic E-state index is 12.9. The number of rotatable bonds is 6. The third-order valence-electron chi connectivity index (χ3n) is 6.15. The Morgan fingerprint density at radius 3 is 2.74 bits per heavy atom. The summed E-state index contributed by atoms with van der Waals surface area (Å²) in [5.41, 5.74) is 3.01. The molecule has 2 aliphatic rings. The van der Waals surface area contributed by atoms with Gasteiger partial charge in [-0.15, -0.1) is 12.4 Å². The number of likely N-dealkylation sites (tertiary alicyclic amines) is 1. The molecule has 1 amide bonds. The van der Waals surface area contributed by atoms with Crippen LogP contribution in [-0.2, 0) is 11.2 Å². The number of hydrogen-bond donors (Lipinski definition) is 1. The molecule has 0 bridgehead atoms. The highest BCUT2D eigenvalue weighted by atomic mass is 35.5. The summed E-state index contributed by atoms with van der Waals surface area (Å²) in [5.74, 6) is 1.99. The van der Waals surface area contributed by atoms with Crippen LogP contribution in [0.1, 0.15) is 18.5 Å². The highest BCUT2D eigenvalue weighted by Crippen LogP contribution is 2.30. The molecule has 3 aromatic heterocycles. The van der Waals surface area contributed by atoms with Crippen LogP contribution in [0.4, 0.5) is 5.69 Å². The van der Waals surface area contributed by atoms with Gasteiger partial charge in [-0.25, -0.2) is 4.98 Å². The van der Waals surface area contributed by atoms with Crippen molar-refractivity contribution in [2.24, 2.45) is 5.92 Å². The number of carbonyl (C=O) groups is 1. The van der Waals surface area contributed by atoms with Crippen molar-refractivity contribution in [3.63, 3.8) is 0 Å². The first kappa shape index (κ1) is 24.0. The standard InChI is InChI=1S/C24H27N5O4.ClH/c1-31-22-3-2-18-23(28-22)19(4-8-25-18)27-24(30)16-5-9-29(10-6-16)11-7-17-14-20-21(15-26-17)33-13-12-32-20;/h2-4,8,14-16H,5-7,9-13H2,1H3,(H,25,27,30);1H. The highest BCUT2D eigenvalue weighted by Gasteiger charge is 2.25. The SMILES string of the molecule is COc1ccc2nccc(NC(=O)C3CCN(CCc4cc5c(cn4)OCCO5)CC3)c2n1.Cl. The predicted molar refractivity (Wildman–Crippen MR) is 130 cm³/mol. The van der Waals surface area contributed by atoms with E-state index >= 15 is 0 Å². The minimum absolute atomic E-state index is 0. The van der Waals surface area contributed by atoms with E-state index in [0.717, 1.165) is 55.9 Å². The fourth-order valence-corrected chi connectivity index (χ4v) is 4.27. The molecular weight excluding hydrogens is 458 g/mol. The normalized spacial score (nSPS) is 16.0. The van der Waals surface area contributed by atoms with Crippen molar-refractivity contribution < 1.29 is 19.0 Å². The summed E-state index contributed by atoms with van der Waals surface area (Å²) in [6, 6.07) is 7.35. The van der Waals surface area contributed by atoms with Crippen molar-refractivity contribution in [1.29, 1.82) is 0 Å². The van der Waals surface area contributed by atoms with E-state index in [1.165, 1.54) is 0 Å². The number of hydrogen-bond acceptors (Lipinski definition) is 8. The van der Waals surface area contributed by atoms with Crippen molar-refractivity contribution in [1.82, 2.24) is 19.9 Å². The number of anilines is 1. The number of aromatic nitrogens is 3. The van der Waals surface area contributed by atoms with Gasteiger partial charge in [0.25, 0.3) is 0 Å². The first-order valence-electron chi connectivity index (χ1n) is 11.3. The number of methoxy groups -OCH3 is 1. The van der Waals surface area contributed by atoms with Gasteiger partial charge in [-0.05, 0) is 38.1 Å². The van der Waals surface area contributed by atoms with Crippen molar-refractivity contribution >= 4 is 35.0 Å². The maximum Gasteiger partial charge on any atom is 0.227 e. The van der Waals surface area contributed by atoms with E-state index in [2.05, 4.69) is 25.2 Å². The first-order chi connectivity index (χ1) is 16.2. The van der Waals surface area contributed by atoms with Crippen LogP contribution in [0, 0.1) is 5.92 Å². The van der Waals surface area contributed by atoms with Crippen LogP contribution in [0.5, 0.6) is 17.4 Å². The molecular formula is C24H28ClN5O4. The molecule has 5 rings (SSSR count). The lowest BCUT2D eigenvalue weighted by Crippen LogP contribution is -2.39. The van der Waals surface area contributed by atoms with Crippen molar-refractivity contribution in [2.45, 2.75) is 19.3 Å². The van der Waals surface area contributed by atoms with E-state index < -0.39 is 0 Å². The van der Waals surface area contributed by atoms with E-state index in [1.54, 1.807) is 31.6 Å². The number of carbonyl (C=O) groups excluding carboxylic acids is 1. The lowest BCUT2D eigenvalue weighted by Gasteiger charge is -2.31. The van der Waals surface area contributed by atoms with E-state index in [0.29, 0.717) is 36.0 Å². The molecule has 0 saturated carbocycles. The zero-order valence-corrected chi connectivity index (χ0v) is 19.8. The Labute approximate surface area is 204 Å². The van der Waals surface area contributed by atoms with Crippen LogP contribution in [-0.4, -0.2) is 65.7 Å². The monoisotopic (exact) mass is 485 g/mol. The van der Waals surface area contributed by atoms with Gasteiger partial charge in [0.15, 0.2) is 11.5 Å². The third kappa shape index (κ3) is 5.31. The van der Waals surface area contributed by atoms with Gasteiger partial charge in [-0.3, -0.25) is 14.8 Å². The Balaban J connectivity index is 0.00000274. The number of fused-ring (bicyclic) bond motifs is 2. The quantitative estimate of drug-likeness (QED) is 0.568. The van der Waals surface area contributed by atoms with E-state index in [4.69, 9.17) is 14.2 Å². The molecule has 9 nitrogen and oxygen atoms in total. The summed E-state index contributed by atoms with van der Waals surface area (Å²) in [6.45, 7) is 3.81. The van der Waals surface area contributed by atoms with Gasteiger partial charge in [-0.1, -0.05) is 0 Å². The fourth-order valence-electron chi connectivity index (χ4n) is 4.27. The van der Waals surface area contributed by atoms with Crippen LogP contribution in [0.25, 0.3) is 11.0 Å². The van der Waals surface area contributed by atoms with Crippen molar-refractivity contribution in [3.8, 4) is 17.4 Å². The molecule has 2 aliphatic heterocycles. The Morgan fingerprint density at radius 2 is 1.94 bits per heavy atom. The van der Waals surface area contributed by atoms with Gasteiger partial charge in [0.1, 0.15) is 18.7 Å². The molecule has 0 aliphatic carbocycles. The molecule has 1 N–H and O–H groups in total. The second-order valence-corrected chi connectivity index (χ2v) is 8.25. The first-order valence-corrected chi connectivity index (χ1v) is 11.3. The zero-order chi connectivity index (χ0) is 22.6. The second-order valence-electron chi connectivity index (χ2n) is 8.25. The Bertz CT molecular complexity index is 1150. The molecule has 3 aromatic rings. The van der Waals surface area contributed by atoms with Gasteiger partial charge in [0, 0.05) is 42.9 Å². The van der Waals surface area contributed by atoms with Gasteiger partial charge < -0.3 is 24.4 Å². The maximum absolute atomic E-state index is 12.9. The van der Waals surface area contributed by atoms with Gasteiger partial charge in [0.05, 0.1) is 24.5 Å². The average Bonchev–Trinajstić information content (AvgIpc) is 2.87. The molecule has 0 atom stereocenters. The van der Waals surface area contributed by atoms with Crippen LogP contribution in [0.3, 0.4) is 0 Å². The number of amides is 1. The third-order valence-corrected chi connectivity index (χ3v) is 6.15. The summed E-state index contributed by atoms with van der Waals surface area (Å²) in [6.07, 6.45) is 5.90. The minimum atomic E-state index is -0.0255. The van der Waals surface area contributed by atoms with Crippen LogP contribution >= 0.6 is 12.4 Å². The Morgan fingerprint density at radius 1 is 1.15 bits per heavy atom. The van der Waals surface area contributed by atoms with Crippen molar-refractivity contribution in [3.05, 3.63) is 42.4 Å². The summed E-state index contributed by atoms with van der Waals surface area (Å²) < 4.78 is 16.4. The van der Waals surface area contributed by atoms with E-state index in [9.17, 15) is 4.79 Å². The Hall–Kier alpha value is -3.17. The topological polar surface area (TPSA) is 98.7 Å². The fraction of sp³-hybridized carbons (Fsp3) is 0.417. The number of halogens is 1. The largest absolute Gasteiger partial charge is 0.486 e. The van der Waals surface area contributed by atoms with E-state index in [1.807, 2.05) is 12.1 Å². The summed E-state index contributed by atoms with van der Waals surface area (Å²) in [5, 5.41) is 3.06. The Kier molecular flexibility index (Phi) is 7.64. The summed E-state index contributed by atoms with van der Waals surface area (Å²) >= 11 is 0. The highest BCUT2D eigenvalue weighted by molar-refractivity contribution is 6.00. The number of pyridine rings is 3. The minimum Gasteiger partial charge on any atom is -0.486 e. The molecule has 1 saturated heterocycles. The molecule has 5 heterocycles. The molecule has 0 radical (unpaired) electrons.